The maximum atomic E-state index is 12.1. The maximum Gasteiger partial charge on any atom is 0.340 e. The largest absolute Gasteiger partial charge is 0.465 e. The van der Waals surface area contributed by atoms with Crippen LogP contribution in [-0.4, -0.2) is 17.6 Å². The first-order valence-corrected chi connectivity index (χ1v) is 7.03. The molecule has 2 N–H and O–H groups in total. The molecule has 0 unspecified atom stereocenters. The van der Waals surface area contributed by atoms with E-state index in [1.165, 1.54) is 7.11 Å². The van der Waals surface area contributed by atoms with Crippen LogP contribution in [0.1, 0.15) is 48.8 Å². The Bertz CT molecular complexity index is 639. The Kier molecular flexibility index (Phi) is 4.02. The molecular formula is C16H22N2O2. The number of nitrogen functional groups attached to an aromatic ring is 1. The summed E-state index contributed by atoms with van der Waals surface area (Å²) in [5.74, 6) is -0.303. The van der Waals surface area contributed by atoms with Crippen molar-refractivity contribution in [2.75, 3.05) is 12.8 Å². The second-order valence-electron chi connectivity index (χ2n) is 5.07. The Morgan fingerprint density at radius 3 is 2.55 bits per heavy atom. The molecular weight excluding hydrogens is 252 g/mol. The van der Waals surface area contributed by atoms with Crippen LogP contribution in [0, 0.1) is 6.92 Å². The SMILES string of the molecule is CCC(CC)n1c(C)c(C(=O)OC)c2cc(N)ccc21. The van der Waals surface area contributed by atoms with E-state index in [4.69, 9.17) is 10.5 Å². The predicted octanol–water partition coefficient (Wildman–Crippen LogP) is 3.68. The first-order valence-electron chi connectivity index (χ1n) is 7.03. The third-order valence-electron chi connectivity index (χ3n) is 3.97. The van der Waals surface area contributed by atoms with Crippen molar-refractivity contribution in [3.63, 3.8) is 0 Å². The molecule has 108 valence electrons. The quantitative estimate of drug-likeness (QED) is 0.683. The molecule has 4 nitrogen and oxygen atoms in total. The van der Waals surface area contributed by atoms with Crippen molar-refractivity contribution < 1.29 is 9.53 Å². The minimum absolute atomic E-state index is 0.303. The highest BCUT2D eigenvalue weighted by Crippen LogP contribution is 2.33. The number of hydrogen-bond donors (Lipinski definition) is 1. The number of nitrogens with zero attached hydrogens (tertiary/aromatic N) is 1. The smallest absolute Gasteiger partial charge is 0.340 e. The fourth-order valence-corrected chi connectivity index (χ4v) is 2.94. The van der Waals surface area contributed by atoms with Gasteiger partial charge in [0.05, 0.1) is 12.7 Å². The van der Waals surface area contributed by atoms with Gasteiger partial charge in [-0.1, -0.05) is 13.8 Å². The van der Waals surface area contributed by atoms with E-state index in [-0.39, 0.29) is 5.97 Å². The summed E-state index contributed by atoms with van der Waals surface area (Å²) < 4.78 is 7.17. The summed E-state index contributed by atoms with van der Waals surface area (Å²) in [7, 11) is 1.41. The molecule has 0 amide bonds. The van der Waals surface area contributed by atoms with Gasteiger partial charge in [-0.05, 0) is 38.0 Å². The van der Waals surface area contributed by atoms with Crippen LogP contribution in [0.4, 0.5) is 5.69 Å². The van der Waals surface area contributed by atoms with Gasteiger partial charge in [0.15, 0.2) is 0 Å². The van der Waals surface area contributed by atoms with Crippen molar-refractivity contribution in [3.05, 3.63) is 29.5 Å². The predicted molar refractivity (Wildman–Crippen MR) is 82.0 cm³/mol. The lowest BCUT2D eigenvalue weighted by Gasteiger charge is -2.19. The standard InChI is InChI=1S/C16H22N2O2/c1-5-12(6-2)18-10(3)15(16(19)20-4)13-9-11(17)7-8-14(13)18/h7-9,12H,5-6,17H2,1-4H3. The third-order valence-corrected chi connectivity index (χ3v) is 3.97. The Morgan fingerprint density at radius 1 is 1.35 bits per heavy atom. The Hall–Kier alpha value is -1.97. The van der Waals surface area contributed by atoms with Gasteiger partial charge < -0.3 is 15.0 Å². The molecule has 2 aromatic rings. The molecule has 0 saturated carbocycles. The van der Waals surface area contributed by atoms with Gasteiger partial charge in [0.25, 0.3) is 0 Å². The minimum atomic E-state index is -0.303. The van der Waals surface area contributed by atoms with Crippen LogP contribution < -0.4 is 5.73 Å². The van der Waals surface area contributed by atoms with Crippen molar-refractivity contribution in [2.45, 2.75) is 39.7 Å². The molecule has 4 heteroatoms. The number of esters is 1. The van der Waals surface area contributed by atoms with Gasteiger partial charge in [-0.15, -0.1) is 0 Å². The van der Waals surface area contributed by atoms with Crippen LogP contribution in [0.5, 0.6) is 0 Å². The highest BCUT2D eigenvalue weighted by Gasteiger charge is 2.23. The van der Waals surface area contributed by atoms with E-state index >= 15 is 0 Å². The average molecular weight is 274 g/mol. The van der Waals surface area contributed by atoms with Crippen LogP contribution >= 0.6 is 0 Å². The highest BCUT2D eigenvalue weighted by atomic mass is 16.5. The summed E-state index contributed by atoms with van der Waals surface area (Å²) in [4.78, 5) is 12.1. The van der Waals surface area contributed by atoms with Crippen molar-refractivity contribution in [1.82, 2.24) is 4.57 Å². The average Bonchev–Trinajstić information content (AvgIpc) is 2.72. The zero-order chi connectivity index (χ0) is 14.9. The summed E-state index contributed by atoms with van der Waals surface area (Å²) in [6.45, 7) is 6.30. The number of ether oxygens (including phenoxy) is 1. The molecule has 0 bridgehead atoms. The van der Waals surface area contributed by atoms with Crippen LogP contribution in [0.15, 0.2) is 18.2 Å². The fourth-order valence-electron chi connectivity index (χ4n) is 2.94. The molecule has 0 saturated heterocycles. The van der Waals surface area contributed by atoms with Crippen LogP contribution in [-0.2, 0) is 4.74 Å². The van der Waals surface area contributed by atoms with E-state index in [9.17, 15) is 4.79 Å². The van der Waals surface area contributed by atoms with Crippen LogP contribution in [0.2, 0.25) is 0 Å². The second kappa shape index (κ2) is 5.57. The third kappa shape index (κ3) is 2.15. The molecule has 0 radical (unpaired) electrons. The number of fused-ring (bicyclic) bond motifs is 1. The summed E-state index contributed by atoms with van der Waals surface area (Å²) in [5, 5.41) is 0.876. The summed E-state index contributed by atoms with van der Waals surface area (Å²) in [6.07, 6.45) is 2.04. The van der Waals surface area contributed by atoms with Crippen molar-refractivity contribution in [2.24, 2.45) is 0 Å². The molecule has 0 aliphatic heterocycles. The summed E-state index contributed by atoms with van der Waals surface area (Å²) in [5.41, 5.74) is 9.15. The molecule has 0 aliphatic carbocycles. The number of nitrogens with two attached hydrogens (primary N) is 1. The van der Waals surface area contributed by atoms with E-state index in [0.29, 0.717) is 17.3 Å². The molecule has 1 heterocycles. The van der Waals surface area contributed by atoms with Crippen molar-refractivity contribution in [3.8, 4) is 0 Å². The summed E-state index contributed by atoms with van der Waals surface area (Å²) >= 11 is 0. The molecule has 20 heavy (non-hydrogen) atoms. The monoisotopic (exact) mass is 274 g/mol. The Labute approximate surface area is 119 Å². The van der Waals surface area contributed by atoms with E-state index < -0.39 is 0 Å². The number of methoxy groups -OCH3 is 1. The maximum absolute atomic E-state index is 12.1. The second-order valence-corrected chi connectivity index (χ2v) is 5.07. The molecule has 0 atom stereocenters. The Balaban J connectivity index is 2.82. The molecule has 0 aliphatic rings. The lowest BCUT2D eigenvalue weighted by atomic mass is 10.1. The number of aromatic nitrogens is 1. The van der Waals surface area contributed by atoms with Crippen molar-refractivity contribution >= 4 is 22.6 Å². The first kappa shape index (κ1) is 14.4. The summed E-state index contributed by atoms with van der Waals surface area (Å²) in [6, 6.07) is 6.09. The number of hydrogen-bond acceptors (Lipinski definition) is 3. The molecule has 1 aromatic carbocycles. The molecule has 1 aromatic heterocycles. The lowest BCUT2D eigenvalue weighted by Crippen LogP contribution is -2.10. The minimum Gasteiger partial charge on any atom is -0.465 e. The van der Waals surface area contributed by atoms with Gasteiger partial charge in [-0.2, -0.15) is 0 Å². The van der Waals surface area contributed by atoms with Gasteiger partial charge in [-0.3, -0.25) is 0 Å². The van der Waals surface area contributed by atoms with Crippen LogP contribution in [0.3, 0.4) is 0 Å². The Morgan fingerprint density at radius 2 is 2.00 bits per heavy atom. The van der Waals surface area contributed by atoms with Gasteiger partial charge in [0, 0.05) is 28.3 Å². The first-order chi connectivity index (χ1) is 9.54. The van der Waals surface area contributed by atoms with E-state index in [0.717, 1.165) is 29.4 Å². The molecule has 0 fully saturated rings. The highest BCUT2D eigenvalue weighted by molar-refractivity contribution is 6.06. The zero-order valence-corrected chi connectivity index (χ0v) is 12.6. The fraction of sp³-hybridized carbons (Fsp3) is 0.438. The van der Waals surface area contributed by atoms with E-state index in [1.807, 2.05) is 25.1 Å². The number of carbonyl (C=O) groups is 1. The normalized spacial score (nSPS) is 11.2. The number of anilines is 1. The van der Waals surface area contributed by atoms with E-state index in [2.05, 4.69) is 18.4 Å². The zero-order valence-electron chi connectivity index (χ0n) is 12.6. The molecule has 2 rings (SSSR count). The van der Waals surface area contributed by atoms with E-state index in [1.54, 1.807) is 0 Å². The topological polar surface area (TPSA) is 57.2 Å². The number of benzene rings is 1. The molecule has 0 spiro atoms. The lowest BCUT2D eigenvalue weighted by molar-refractivity contribution is 0.0601. The van der Waals surface area contributed by atoms with Gasteiger partial charge in [0.1, 0.15) is 0 Å². The van der Waals surface area contributed by atoms with Gasteiger partial charge in [-0.25, -0.2) is 4.79 Å². The van der Waals surface area contributed by atoms with Crippen LogP contribution in [0.25, 0.3) is 10.9 Å². The van der Waals surface area contributed by atoms with Gasteiger partial charge in [0.2, 0.25) is 0 Å². The van der Waals surface area contributed by atoms with Gasteiger partial charge >= 0.3 is 5.97 Å². The van der Waals surface area contributed by atoms with Crippen molar-refractivity contribution in [1.29, 1.82) is 0 Å². The number of rotatable bonds is 4. The number of carbonyl (C=O) groups excluding carboxylic acids is 1.